The lowest BCUT2D eigenvalue weighted by molar-refractivity contribution is 1.29. The van der Waals surface area contributed by atoms with Gasteiger partial charge >= 0.3 is 0 Å². The normalized spacial score (nSPS) is 8.50. The monoisotopic (exact) mass is 111 g/mol. The minimum Gasteiger partial charge on any atom is -0.305 e. The van der Waals surface area contributed by atoms with Gasteiger partial charge in [0.1, 0.15) is 0 Å². The average Bonchev–Trinajstić information content (AvgIpc) is 1.64. The molecule has 1 heteroatoms. The van der Waals surface area contributed by atoms with Crippen molar-refractivity contribution in [2.45, 2.75) is 27.7 Å². The van der Waals surface area contributed by atoms with Gasteiger partial charge in [0.2, 0.25) is 0 Å². The van der Waals surface area contributed by atoms with E-state index in [1.807, 2.05) is 27.7 Å². The Hall–Kier alpha value is -0.590. The maximum absolute atomic E-state index is 7.17. The first-order valence-electron chi connectivity index (χ1n) is 2.75. The van der Waals surface area contributed by atoms with Crippen molar-refractivity contribution in [2.24, 2.45) is 0 Å². The highest BCUT2D eigenvalue weighted by Gasteiger charge is 1.91. The highest BCUT2D eigenvalue weighted by molar-refractivity contribution is 5.95. The number of hydrogen-bond acceptors (Lipinski definition) is 1. The zero-order chi connectivity index (χ0) is 6.73. The second-order valence-corrected chi connectivity index (χ2v) is 2.25. The second-order valence-electron chi connectivity index (χ2n) is 2.25. The lowest BCUT2D eigenvalue weighted by Crippen LogP contribution is -1.91. The van der Waals surface area contributed by atoms with Crippen molar-refractivity contribution in [1.29, 1.82) is 5.41 Å². The van der Waals surface area contributed by atoms with Crippen LogP contribution in [0.1, 0.15) is 27.7 Å². The number of nitrogens with one attached hydrogen (secondary N) is 1. The van der Waals surface area contributed by atoms with Crippen LogP contribution in [0.5, 0.6) is 0 Å². The molecule has 0 aliphatic carbocycles. The summed E-state index contributed by atoms with van der Waals surface area (Å²) in [5.74, 6) is 0. The molecule has 8 heavy (non-hydrogen) atoms. The van der Waals surface area contributed by atoms with E-state index < -0.39 is 0 Å². The predicted octanol–water partition coefficient (Wildman–Crippen LogP) is 2.38. The lowest BCUT2D eigenvalue weighted by Gasteiger charge is -1.97. The smallest absolute Gasteiger partial charge is 0.0311 e. The first kappa shape index (κ1) is 7.41. The van der Waals surface area contributed by atoms with Crippen LogP contribution in [0.3, 0.4) is 0 Å². The van der Waals surface area contributed by atoms with Gasteiger partial charge in [0.15, 0.2) is 0 Å². The van der Waals surface area contributed by atoms with Crippen molar-refractivity contribution in [3.63, 3.8) is 0 Å². The molecule has 0 rings (SSSR count). The minimum absolute atomic E-state index is 0.671. The highest BCUT2D eigenvalue weighted by Crippen LogP contribution is 2.01. The van der Waals surface area contributed by atoms with Crippen molar-refractivity contribution < 1.29 is 0 Å². The topological polar surface area (TPSA) is 23.9 Å². The Morgan fingerprint density at radius 3 is 1.38 bits per heavy atom. The van der Waals surface area contributed by atoms with Crippen LogP contribution in [0.25, 0.3) is 0 Å². The van der Waals surface area contributed by atoms with Gasteiger partial charge in [-0.15, -0.1) is 0 Å². The van der Waals surface area contributed by atoms with E-state index in [2.05, 4.69) is 0 Å². The van der Waals surface area contributed by atoms with E-state index in [0.717, 1.165) is 5.57 Å². The maximum atomic E-state index is 7.17. The standard InChI is InChI=1S/C7H13N/c1-5(2)6(3)7(4)8/h8H,1-4H3. The van der Waals surface area contributed by atoms with Crippen molar-refractivity contribution in [3.8, 4) is 0 Å². The summed E-state index contributed by atoms with van der Waals surface area (Å²) >= 11 is 0. The molecule has 0 amide bonds. The van der Waals surface area contributed by atoms with Gasteiger partial charge in [-0.2, -0.15) is 0 Å². The molecule has 0 aliphatic heterocycles. The maximum Gasteiger partial charge on any atom is 0.0311 e. The zero-order valence-corrected chi connectivity index (χ0v) is 6.00. The number of hydrogen-bond donors (Lipinski definition) is 1. The molecule has 0 atom stereocenters. The SMILES string of the molecule is CC(=N)C(C)=C(C)C. The quantitative estimate of drug-likeness (QED) is 0.502. The van der Waals surface area contributed by atoms with Crippen LogP contribution in [-0.2, 0) is 0 Å². The molecule has 0 radical (unpaired) electrons. The van der Waals surface area contributed by atoms with Crippen molar-refractivity contribution >= 4 is 5.71 Å². The first-order chi connectivity index (χ1) is 3.55. The second kappa shape index (κ2) is 2.65. The Kier molecular flexibility index (Phi) is 2.46. The molecule has 0 fully saturated rings. The molecule has 0 saturated heterocycles. The third kappa shape index (κ3) is 1.92. The summed E-state index contributed by atoms with van der Waals surface area (Å²) in [7, 11) is 0. The number of rotatable bonds is 1. The fraction of sp³-hybridized carbons (Fsp3) is 0.571. The van der Waals surface area contributed by atoms with Crippen LogP contribution in [-0.4, -0.2) is 5.71 Å². The summed E-state index contributed by atoms with van der Waals surface area (Å²) in [6.07, 6.45) is 0. The summed E-state index contributed by atoms with van der Waals surface area (Å²) < 4.78 is 0. The molecule has 0 heterocycles. The van der Waals surface area contributed by atoms with E-state index in [1.165, 1.54) is 5.57 Å². The molecule has 46 valence electrons. The van der Waals surface area contributed by atoms with E-state index in [0.29, 0.717) is 5.71 Å². The van der Waals surface area contributed by atoms with Crippen molar-refractivity contribution in [3.05, 3.63) is 11.1 Å². The Bertz CT molecular complexity index is 127. The van der Waals surface area contributed by atoms with Gasteiger partial charge in [-0.1, -0.05) is 5.57 Å². The highest BCUT2D eigenvalue weighted by atomic mass is 14.4. The lowest BCUT2D eigenvalue weighted by atomic mass is 10.1. The molecule has 1 nitrogen and oxygen atoms in total. The van der Waals surface area contributed by atoms with E-state index in [9.17, 15) is 0 Å². The Balaban J connectivity index is 4.23. The van der Waals surface area contributed by atoms with Crippen LogP contribution in [0.2, 0.25) is 0 Å². The van der Waals surface area contributed by atoms with E-state index in [4.69, 9.17) is 5.41 Å². The average molecular weight is 111 g/mol. The fourth-order valence-corrected chi connectivity index (χ4v) is 0.375. The Labute approximate surface area is 50.9 Å². The molecular formula is C7H13N. The minimum atomic E-state index is 0.671. The fourth-order valence-electron chi connectivity index (χ4n) is 0.375. The van der Waals surface area contributed by atoms with E-state index >= 15 is 0 Å². The molecular weight excluding hydrogens is 98.1 g/mol. The molecule has 0 spiro atoms. The molecule has 0 aromatic carbocycles. The van der Waals surface area contributed by atoms with Crippen LogP contribution < -0.4 is 0 Å². The first-order valence-corrected chi connectivity index (χ1v) is 2.75. The van der Waals surface area contributed by atoms with Gasteiger partial charge in [0, 0.05) is 5.71 Å². The van der Waals surface area contributed by atoms with E-state index in [-0.39, 0.29) is 0 Å². The molecule has 0 aliphatic rings. The van der Waals surface area contributed by atoms with Gasteiger partial charge < -0.3 is 5.41 Å². The van der Waals surface area contributed by atoms with Crippen LogP contribution in [0.15, 0.2) is 11.1 Å². The van der Waals surface area contributed by atoms with Gasteiger partial charge in [-0.3, -0.25) is 0 Å². The summed E-state index contributed by atoms with van der Waals surface area (Å²) in [4.78, 5) is 0. The third-order valence-corrected chi connectivity index (χ3v) is 1.31. The third-order valence-electron chi connectivity index (χ3n) is 1.31. The van der Waals surface area contributed by atoms with Crippen LogP contribution in [0.4, 0.5) is 0 Å². The van der Waals surface area contributed by atoms with Gasteiger partial charge in [-0.25, -0.2) is 0 Å². The van der Waals surface area contributed by atoms with Crippen molar-refractivity contribution in [2.75, 3.05) is 0 Å². The summed E-state index contributed by atoms with van der Waals surface area (Å²) in [6, 6.07) is 0. The van der Waals surface area contributed by atoms with Crippen LogP contribution in [0, 0.1) is 5.41 Å². The largest absolute Gasteiger partial charge is 0.305 e. The molecule has 0 unspecified atom stereocenters. The Morgan fingerprint density at radius 1 is 1.00 bits per heavy atom. The molecule has 0 saturated carbocycles. The van der Waals surface area contributed by atoms with Gasteiger partial charge in [-0.05, 0) is 33.3 Å². The number of allylic oxidation sites excluding steroid dienone is 2. The molecule has 0 aromatic heterocycles. The predicted molar refractivity (Wildman–Crippen MR) is 37.4 cm³/mol. The van der Waals surface area contributed by atoms with E-state index in [1.54, 1.807) is 0 Å². The summed E-state index contributed by atoms with van der Waals surface area (Å²) in [5.41, 5.74) is 3.01. The zero-order valence-electron chi connectivity index (χ0n) is 6.00. The molecule has 0 aromatic rings. The summed E-state index contributed by atoms with van der Waals surface area (Å²) in [6.45, 7) is 7.82. The Morgan fingerprint density at radius 2 is 1.38 bits per heavy atom. The van der Waals surface area contributed by atoms with Crippen LogP contribution >= 0.6 is 0 Å². The van der Waals surface area contributed by atoms with Gasteiger partial charge in [0.05, 0.1) is 0 Å². The van der Waals surface area contributed by atoms with Gasteiger partial charge in [0.25, 0.3) is 0 Å². The molecule has 1 N–H and O–H groups in total. The molecule has 0 bridgehead atoms. The van der Waals surface area contributed by atoms with Crippen molar-refractivity contribution in [1.82, 2.24) is 0 Å². The summed E-state index contributed by atoms with van der Waals surface area (Å²) in [5, 5.41) is 7.17.